The fraction of sp³-hybridized carbons (Fsp3) is 0. The van der Waals surface area contributed by atoms with Crippen molar-refractivity contribution in [3.63, 3.8) is 0 Å². The van der Waals surface area contributed by atoms with Crippen LogP contribution in [0.5, 0.6) is 0 Å². The molecule has 2 aromatic heterocycles. The van der Waals surface area contributed by atoms with Crippen molar-refractivity contribution in [1.82, 2.24) is 9.97 Å². The van der Waals surface area contributed by atoms with Crippen LogP contribution < -0.4 is 0 Å². The largest absolute Gasteiger partial charge is 0.478 e. The van der Waals surface area contributed by atoms with Gasteiger partial charge in [-0.05, 0) is 24.3 Å². The van der Waals surface area contributed by atoms with Gasteiger partial charge in [0.05, 0.1) is 5.56 Å². The van der Waals surface area contributed by atoms with Crippen LogP contribution in [0.25, 0.3) is 0 Å². The minimum Gasteiger partial charge on any atom is -0.478 e. The van der Waals surface area contributed by atoms with Crippen LogP contribution in [0.3, 0.4) is 0 Å². The molecule has 2 aromatic rings. The van der Waals surface area contributed by atoms with E-state index in [1.807, 2.05) is 0 Å². The molecular formula is C13H10N2O6. The molecule has 0 aliphatic carbocycles. The standard InChI is InChI=1S/C7H5NO4.C6H5NO2/c9-6(10)4-1-2-8-5(3-4)7(11)12;8-6(9)5-3-1-2-4-7-5/h1-3H,(H,9,10)(H,11,12);1-4H,(H,8,9). The molecule has 0 spiro atoms. The first-order valence-corrected chi connectivity index (χ1v) is 5.48. The first-order valence-electron chi connectivity index (χ1n) is 5.48. The molecule has 0 radical (unpaired) electrons. The van der Waals surface area contributed by atoms with Crippen LogP contribution >= 0.6 is 0 Å². The number of rotatable bonds is 3. The zero-order valence-electron chi connectivity index (χ0n) is 10.5. The lowest BCUT2D eigenvalue weighted by molar-refractivity contribution is 0.0676. The van der Waals surface area contributed by atoms with Gasteiger partial charge in [-0.1, -0.05) is 6.07 Å². The van der Waals surface area contributed by atoms with E-state index in [0.29, 0.717) is 0 Å². The molecule has 0 saturated heterocycles. The first-order chi connectivity index (χ1) is 9.91. The lowest BCUT2D eigenvalue weighted by Gasteiger charge is -1.94. The number of carboxylic acid groups (broad SMARTS) is 3. The van der Waals surface area contributed by atoms with E-state index < -0.39 is 17.9 Å². The molecule has 0 saturated carbocycles. The Kier molecular flexibility index (Phi) is 5.51. The highest BCUT2D eigenvalue weighted by molar-refractivity contribution is 5.92. The van der Waals surface area contributed by atoms with Gasteiger partial charge in [-0.2, -0.15) is 0 Å². The van der Waals surface area contributed by atoms with Gasteiger partial charge >= 0.3 is 17.9 Å². The van der Waals surface area contributed by atoms with Crippen LogP contribution in [0.4, 0.5) is 0 Å². The number of hydrogen-bond acceptors (Lipinski definition) is 5. The van der Waals surface area contributed by atoms with Gasteiger partial charge in [-0.15, -0.1) is 0 Å². The number of carbonyl (C=O) groups is 3. The van der Waals surface area contributed by atoms with Gasteiger partial charge < -0.3 is 15.3 Å². The molecule has 0 aliphatic heterocycles. The zero-order valence-corrected chi connectivity index (χ0v) is 10.5. The number of hydrogen-bond donors (Lipinski definition) is 3. The Morgan fingerprint density at radius 2 is 1.38 bits per heavy atom. The number of nitrogens with zero attached hydrogens (tertiary/aromatic N) is 2. The predicted molar refractivity (Wildman–Crippen MR) is 69.4 cm³/mol. The number of aromatic nitrogens is 2. The lowest BCUT2D eigenvalue weighted by Crippen LogP contribution is -2.03. The molecule has 8 heteroatoms. The maximum absolute atomic E-state index is 10.4. The van der Waals surface area contributed by atoms with Gasteiger partial charge in [0.25, 0.3) is 0 Å². The van der Waals surface area contributed by atoms with Gasteiger partial charge in [-0.3, -0.25) is 0 Å². The first kappa shape index (κ1) is 15.8. The minimum atomic E-state index is -1.24. The third-order valence-corrected chi connectivity index (χ3v) is 2.11. The molecule has 108 valence electrons. The maximum atomic E-state index is 10.4. The van der Waals surface area contributed by atoms with Crippen LogP contribution in [-0.4, -0.2) is 43.2 Å². The molecule has 0 aromatic carbocycles. The van der Waals surface area contributed by atoms with Crippen LogP contribution in [0.2, 0.25) is 0 Å². The molecule has 0 unspecified atom stereocenters. The third-order valence-electron chi connectivity index (χ3n) is 2.11. The second-order valence-corrected chi connectivity index (χ2v) is 3.56. The van der Waals surface area contributed by atoms with Gasteiger partial charge in [0.15, 0.2) is 0 Å². The Hall–Kier alpha value is -3.29. The summed E-state index contributed by atoms with van der Waals surface area (Å²) in [5.74, 6) is -3.39. The van der Waals surface area contributed by atoms with E-state index in [0.717, 1.165) is 12.3 Å². The summed E-state index contributed by atoms with van der Waals surface area (Å²) in [4.78, 5) is 37.9. The summed E-state index contributed by atoms with van der Waals surface area (Å²) in [7, 11) is 0. The Balaban J connectivity index is 0.000000219. The molecule has 0 aliphatic rings. The van der Waals surface area contributed by atoms with Crippen LogP contribution in [0.1, 0.15) is 31.3 Å². The Morgan fingerprint density at radius 1 is 0.762 bits per heavy atom. The molecule has 3 N–H and O–H groups in total. The van der Waals surface area contributed by atoms with Crippen molar-refractivity contribution >= 4 is 17.9 Å². The van der Waals surface area contributed by atoms with Crippen molar-refractivity contribution in [2.75, 3.05) is 0 Å². The highest BCUT2D eigenvalue weighted by Crippen LogP contribution is 2.01. The van der Waals surface area contributed by atoms with E-state index in [2.05, 4.69) is 9.97 Å². The monoisotopic (exact) mass is 290 g/mol. The Bertz CT molecular complexity index is 627. The van der Waals surface area contributed by atoms with E-state index in [4.69, 9.17) is 15.3 Å². The third kappa shape index (κ3) is 5.07. The highest BCUT2D eigenvalue weighted by atomic mass is 16.4. The summed E-state index contributed by atoms with van der Waals surface area (Å²) in [6.07, 6.45) is 2.59. The van der Waals surface area contributed by atoms with Crippen molar-refractivity contribution in [1.29, 1.82) is 0 Å². The van der Waals surface area contributed by atoms with Crippen molar-refractivity contribution in [3.05, 3.63) is 59.7 Å². The summed E-state index contributed by atoms with van der Waals surface area (Å²) in [5.41, 5.74) is -0.269. The van der Waals surface area contributed by atoms with Crippen molar-refractivity contribution in [2.24, 2.45) is 0 Å². The van der Waals surface area contributed by atoms with Crippen molar-refractivity contribution < 1.29 is 29.7 Å². The molecule has 2 heterocycles. The van der Waals surface area contributed by atoms with Gasteiger partial charge in [-0.25, -0.2) is 24.4 Å². The van der Waals surface area contributed by atoms with Crippen LogP contribution in [0.15, 0.2) is 42.7 Å². The zero-order chi connectivity index (χ0) is 15.8. The normalized spacial score (nSPS) is 9.14. The van der Waals surface area contributed by atoms with Crippen LogP contribution in [0, 0.1) is 0 Å². The number of carboxylic acids is 3. The lowest BCUT2D eigenvalue weighted by atomic mass is 10.2. The SMILES string of the molecule is O=C(O)c1ccccn1.O=C(O)c1ccnc(C(=O)O)c1. The van der Waals surface area contributed by atoms with E-state index >= 15 is 0 Å². The fourth-order valence-corrected chi connectivity index (χ4v) is 1.17. The Labute approximate surface area is 118 Å². The second-order valence-electron chi connectivity index (χ2n) is 3.56. The Morgan fingerprint density at radius 3 is 1.81 bits per heavy atom. The summed E-state index contributed by atoms with van der Waals surface area (Å²) < 4.78 is 0. The molecule has 0 fully saturated rings. The molecular weight excluding hydrogens is 280 g/mol. The number of aromatic carboxylic acids is 3. The summed E-state index contributed by atoms with van der Waals surface area (Å²) >= 11 is 0. The minimum absolute atomic E-state index is 0.0810. The highest BCUT2D eigenvalue weighted by Gasteiger charge is 2.08. The van der Waals surface area contributed by atoms with E-state index in [9.17, 15) is 14.4 Å². The molecule has 21 heavy (non-hydrogen) atoms. The maximum Gasteiger partial charge on any atom is 0.354 e. The molecule has 0 bridgehead atoms. The van der Waals surface area contributed by atoms with Gasteiger partial charge in [0.2, 0.25) is 0 Å². The molecule has 2 rings (SSSR count). The summed E-state index contributed by atoms with van der Waals surface area (Å²) in [5, 5.41) is 25.2. The van der Waals surface area contributed by atoms with E-state index in [1.165, 1.54) is 18.3 Å². The van der Waals surface area contributed by atoms with Crippen LogP contribution in [-0.2, 0) is 0 Å². The van der Waals surface area contributed by atoms with E-state index in [1.54, 1.807) is 12.1 Å². The quantitative estimate of drug-likeness (QED) is 0.767. The van der Waals surface area contributed by atoms with Crippen molar-refractivity contribution in [3.8, 4) is 0 Å². The second kappa shape index (κ2) is 7.34. The smallest absolute Gasteiger partial charge is 0.354 e. The van der Waals surface area contributed by atoms with Crippen molar-refractivity contribution in [2.45, 2.75) is 0 Å². The molecule has 8 nitrogen and oxygen atoms in total. The molecule has 0 amide bonds. The molecule has 0 atom stereocenters. The predicted octanol–water partition coefficient (Wildman–Crippen LogP) is 1.26. The summed E-state index contributed by atoms with van der Waals surface area (Å²) in [6, 6.07) is 6.99. The van der Waals surface area contributed by atoms with Gasteiger partial charge in [0.1, 0.15) is 11.4 Å². The average Bonchev–Trinajstić information content (AvgIpc) is 2.49. The topological polar surface area (TPSA) is 138 Å². The summed E-state index contributed by atoms with van der Waals surface area (Å²) in [6.45, 7) is 0. The van der Waals surface area contributed by atoms with Gasteiger partial charge in [0, 0.05) is 12.4 Å². The number of pyridine rings is 2. The van der Waals surface area contributed by atoms with E-state index in [-0.39, 0.29) is 17.0 Å². The fourth-order valence-electron chi connectivity index (χ4n) is 1.17. The average molecular weight is 290 g/mol.